The predicted octanol–water partition coefficient (Wildman–Crippen LogP) is 0.987. The molecule has 0 spiro atoms. The van der Waals surface area contributed by atoms with Crippen molar-refractivity contribution in [3.63, 3.8) is 0 Å². The summed E-state index contributed by atoms with van der Waals surface area (Å²) in [7, 11) is 4.09. The van der Waals surface area contributed by atoms with Crippen molar-refractivity contribution >= 4 is 6.03 Å². The summed E-state index contributed by atoms with van der Waals surface area (Å²) < 4.78 is 7.62. The Morgan fingerprint density at radius 3 is 3.00 bits per heavy atom. The van der Waals surface area contributed by atoms with Crippen LogP contribution in [0.4, 0.5) is 4.79 Å². The second-order valence-corrected chi connectivity index (χ2v) is 6.49. The number of nitrogens with zero attached hydrogens (tertiary/aromatic N) is 4. The van der Waals surface area contributed by atoms with Gasteiger partial charge in [0.05, 0.1) is 12.1 Å². The summed E-state index contributed by atoms with van der Waals surface area (Å²) in [5, 5.41) is 3.04. The van der Waals surface area contributed by atoms with Crippen molar-refractivity contribution in [2.45, 2.75) is 31.4 Å². The first-order valence-corrected chi connectivity index (χ1v) is 8.47. The van der Waals surface area contributed by atoms with Crippen LogP contribution in [0.2, 0.25) is 0 Å². The molecule has 7 heteroatoms. The zero-order chi connectivity index (χ0) is 16.2. The highest BCUT2D eigenvalue weighted by Crippen LogP contribution is 2.22. The van der Waals surface area contributed by atoms with Gasteiger partial charge in [-0.3, -0.25) is 4.90 Å². The van der Waals surface area contributed by atoms with E-state index < -0.39 is 0 Å². The third-order valence-electron chi connectivity index (χ3n) is 4.86. The number of carbonyl (C=O) groups excluding carboxylic acids is 1. The average molecular weight is 321 g/mol. The summed E-state index contributed by atoms with van der Waals surface area (Å²) >= 11 is 0. The summed E-state index contributed by atoms with van der Waals surface area (Å²) in [5.74, 6) is 1.00. The molecule has 128 valence electrons. The first-order chi connectivity index (χ1) is 11.1. The number of aryl methyl sites for hydroxylation is 1. The van der Waals surface area contributed by atoms with Gasteiger partial charge in [-0.1, -0.05) is 0 Å². The molecular formula is C16H27N5O2. The first kappa shape index (κ1) is 16.3. The number of ether oxygens (including phenoxy) is 1. The molecule has 0 aromatic carbocycles. The maximum atomic E-state index is 12.4. The number of likely N-dealkylation sites (N-methyl/N-ethyl adjacent to an activating group) is 1. The van der Waals surface area contributed by atoms with E-state index in [0.29, 0.717) is 19.2 Å². The second kappa shape index (κ2) is 7.31. The fourth-order valence-corrected chi connectivity index (χ4v) is 3.36. The van der Waals surface area contributed by atoms with Crippen LogP contribution in [0.25, 0.3) is 0 Å². The molecule has 1 N–H and O–H groups in total. The summed E-state index contributed by atoms with van der Waals surface area (Å²) in [4.78, 5) is 21.0. The van der Waals surface area contributed by atoms with Crippen LogP contribution in [-0.2, 0) is 11.8 Å². The van der Waals surface area contributed by atoms with Crippen molar-refractivity contribution < 1.29 is 9.53 Å². The molecule has 0 unspecified atom stereocenters. The Bertz CT molecular complexity index is 526. The Labute approximate surface area is 137 Å². The predicted molar refractivity (Wildman–Crippen MR) is 87.1 cm³/mol. The Balaban J connectivity index is 1.51. The lowest BCUT2D eigenvalue weighted by Gasteiger charge is -2.38. The van der Waals surface area contributed by atoms with Gasteiger partial charge in [-0.25, -0.2) is 9.78 Å². The van der Waals surface area contributed by atoms with Crippen molar-refractivity contribution in [2.75, 3.05) is 39.8 Å². The van der Waals surface area contributed by atoms with Crippen LogP contribution < -0.4 is 5.32 Å². The summed E-state index contributed by atoms with van der Waals surface area (Å²) in [6.45, 7) is 3.83. The van der Waals surface area contributed by atoms with E-state index in [1.54, 1.807) is 0 Å². The maximum Gasteiger partial charge on any atom is 0.317 e. The lowest BCUT2D eigenvalue weighted by molar-refractivity contribution is 0.0967. The number of imidazole rings is 1. The van der Waals surface area contributed by atoms with Gasteiger partial charge in [-0.15, -0.1) is 0 Å². The molecule has 2 atom stereocenters. The van der Waals surface area contributed by atoms with Crippen LogP contribution in [-0.4, -0.2) is 71.3 Å². The molecule has 3 rings (SSSR count). The molecule has 0 saturated carbocycles. The van der Waals surface area contributed by atoms with E-state index in [1.807, 2.05) is 28.9 Å². The molecule has 0 aliphatic carbocycles. The summed E-state index contributed by atoms with van der Waals surface area (Å²) in [5.41, 5.74) is 0. The zero-order valence-electron chi connectivity index (χ0n) is 14.1. The number of aromatic nitrogens is 2. The molecule has 7 nitrogen and oxygen atoms in total. The molecule has 3 heterocycles. The molecule has 2 saturated heterocycles. The van der Waals surface area contributed by atoms with Gasteiger partial charge in [0.1, 0.15) is 5.82 Å². The summed E-state index contributed by atoms with van der Waals surface area (Å²) in [6.07, 6.45) is 7.24. The van der Waals surface area contributed by atoms with Crippen LogP contribution in [0, 0.1) is 0 Å². The third-order valence-corrected chi connectivity index (χ3v) is 4.86. The Hall–Kier alpha value is -1.60. The fourth-order valence-electron chi connectivity index (χ4n) is 3.36. The largest absolute Gasteiger partial charge is 0.378 e. The molecule has 1 aromatic heterocycles. The minimum Gasteiger partial charge on any atom is -0.378 e. The number of urea groups is 1. The van der Waals surface area contributed by atoms with E-state index in [-0.39, 0.29) is 12.1 Å². The zero-order valence-corrected chi connectivity index (χ0v) is 14.1. The molecular weight excluding hydrogens is 294 g/mol. The van der Waals surface area contributed by atoms with Gasteiger partial charge in [-0.05, 0) is 26.3 Å². The molecule has 0 bridgehead atoms. The average Bonchev–Trinajstić information content (AvgIpc) is 3.19. The normalized spacial score (nSPS) is 25.7. The maximum absolute atomic E-state index is 12.4. The highest BCUT2D eigenvalue weighted by Gasteiger charge is 2.30. The lowest BCUT2D eigenvalue weighted by atomic mass is 10.1. The smallest absolute Gasteiger partial charge is 0.317 e. The van der Waals surface area contributed by atoms with Gasteiger partial charge in [0, 0.05) is 52.2 Å². The third kappa shape index (κ3) is 3.84. The van der Waals surface area contributed by atoms with Crippen molar-refractivity contribution in [1.82, 2.24) is 24.7 Å². The quantitative estimate of drug-likeness (QED) is 0.898. The molecule has 2 aliphatic heterocycles. The lowest BCUT2D eigenvalue weighted by Crippen LogP contribution is -2.52. The molecule has 2 aliphatic rings. The molecule has 23 heavy (non-hydrogen) atoms. The van der Waals surface area contributed by atoms with E-state index in [4.69, 9.17) is 4.74 Å². The Kier molecular flexibility index (Phi) is 5.17. The van der Waals surface area contributed by atoms with E-state index >= 15 is 0 Å². The minimum atomic E-state index is 0.0234. The van der Waals surface area contributed by atoms with E-state index in [2.05, 4.69) is 22.2 Å². The first-order valence-electron chi connectivity index (χ1n) is 8.47. The SMILES string of the molecule is CN1CCN(C(=O)NCC[C@@H]2CCCO2)C[C@@H]1c1nccn1C. The number of rotatable bonds is 4. The fraction of sp³-hybridized carbons (Fsp3) is 0.750. The van der Waals surface area contributed by atoms with Gasteiger partial charge in [-0.2, -0.15) is 0 Å². The summed E-state index contributed by atoms with van der Waals surface area (Å²) in [6, 6.07) is 0.169. The number of nitrogens with one attached hydrogen (secondary N) is 1. The van der Waals surface area contributed by atoms with Crippen LogP contribution in [0.3, 0.4) is 0 Å². The number of amides is 2. The number of piperazine rings is 1. The van der Waals surface area contributed by atoms with E-state index in [9.17, 15) is 4.79 Å². The van der Waals surface area contributed by atoms with Crippen molar-refractivity contribution in [1.29, 1.82) is 0 Å². The number of hydrogen-bond acceptors (Lipinski definition) is 4. The van der Waals surface area contributed by atoms with Gasteiger partial charge in [0.15, 0.2) is 0 Å². The minimum absolute atomic E-state index is 0.0234. The Morgan fingerprint density at radius 1 is 1.43 bits per heavy atom. The number of hydrogen-bond donors (Lipinski definition) is 1. The highest BCUT2D eigenvalue weighted by atomic mass is 16.5. The standard InChI is InChI=1S/C16H27N5O2/c1-19-9-10-21(12-14(19)15-17-7-8-20(15)2)16(22)18-6-5-13-4-3-11-23-13/h7-8,13-14H,3-6,9-12H2,1-2H3,(H,18,22)/t13-,14+/m0/s1. The van der Waals surface area contributed by atoms with Crippen LogP contribution in [0.1, 0.15) is 31.1 Å². The van der Waals surface area contributed by atoms with Gasteiger partial charge >= 0.3 is 6.03 Å². The van der Waals surface area contributed by atoms with Gasteiger partial charge in [0.2, 0.25) is 0 Å². The number of carbonyl (C=O) groups is 1. The van der Waals surface area contributed by atoms with Crippen LogP contribution in [0.15, 0.2) is 12.4 Å². The van der Waals surface area contributed by atoms with E-state index in [0.717, 1.165) is 44.8 Å². The van der Waals surface area contributed by atoms with Gasteiger partial charge < -0.3 is 19.5 Å². The Morgan fingerprint density at radius 2 is 2.30 bits per heavy atom. The second-order valence-electron chi connectivity index (χ2n) is 6.49. The van der Waals surface area contributed by atoms with Crippen molar-refractivity contribution in [3.8, 4) is 0 Å². The molecule has 2 fully saturated rings. The monoisotopic (exact) mass is 321 g/mol. The topological polar surface area (TPSA) is 62.6 Å². The van der Waals surface area contributed by atoms with Crippen LogP contribution >= 0.6 is 0 Å². The molecule has 0 radical (unpaired) electrons. The highest BCUT2D eigenvalue weighted by molar-refractivity contribution is 5.74. The molecule has 1 aromatic rings. The van der Waals surface area contributed by atoms with Crippen molar-refractivity contribution in [3.05, 3.63) is 18.2 Å². The molecule has 2 amide bonds. The van der Waals surface area contributed by atoms with Crippen molar-refractivity contribution in [2.24, 2.45) is 7.05 Å². The van der Waals surface area contributed by atoms with E-state index in [1.165, 1.54) is 0 Å². The van der Waals surface area contributed by atoms with Gasteiger partial charge in [0.25, 0.3) is 0 Å². The van der Waals surface area contributed by atoms with Crippen LogP contribution in [0.5, 0.6) is 0 Å².